The van der Waals surface area contributed by atoms with E-state index in [0.717, 1.165) is 0 Å². The Kier molecular flexibility index (Phi) is 7.47. The van der Waals surface area contributed by atoms with Gasteiger partial charge in [-0.2, -0.15) is 4.31 Å². The quantitative estimate of drug-likeness (QED) is 0.641. The Morgan fingerprint density at radius 1 is 0.938 bits per heavy atom. The highest BCUT2D eigenvalue weighted by atomic mass is 32.2. The summed E-state index contributed by atoms with van der Waals surface area (Å²) in [6.07, 6.45) is 1.16. The highest BCUT2D eigenvalue weighted by molar-refractivity contribution is 7.89. The van der Waals surface area contributed by atoms with Crippen LogP contribution in [-0.2, 0) is 14.8 Å². The smallest absolute Gasteiger partial charge is 0.243 e. The zero-order chi connectivity index (χ0) is 23.3. The molecule has 2 aromatic carbocycles. The standard InChI is InChI=1S/C22H28N2O7S/c1-28-16-7-9-18(20(12-16)30-3)23-22(25)15-6-5-11-24(14-15)32(26,27)17-8-10-19(29-2)21(13-17)31-4/h7-10,12-13,15H,5-6,11,14H2,1-4H3,(H,23,25)/t15-/m1/s1. The lowest BCUT2D eigenvalue weighted by molar-refractivity contribution is -0.120. The van der Waals surface area contributed by atoms with E-state index in [1.54, 1.807) is 31.4 Å². The van der Waals surface area contributed by atoms with Crippen LogP contribution in [0.2, 0.25) is 0 Å². The molecule has 3 rings (SSSR count). The van der Waals surface area contributed by atoms with Crippen molar-refractivity contribution in [1.29, 1.82) is 0 Å². The van der Waals surface area contributed by atoms with E-state index in [1.807, 2.05) is 0 Å². The zero-order valence-electron chi connectivity index (χ0n) is 18.6. The van der Waals surface area contributed by atoms with Crippen molar-refractivity contribution < 1.29 is 32.2 Å². The van der Waals surface area contributed by atoms with Gasteiger partial charge >= 0.3 is 0 Å². The van der Waals surface area contributed by atoms with Crippen molar-refractivity contribution in [3.8, 4) is 23.0 Å². The van der Waals surface area contributed by atoms with Gasteiger partial charge in [-0.1, -0.05) is 0 Å². The third-order valence-electron chi connectivity index (χ3n) is 5.41. The molecule has 2 aromatic rings. The van der Waals surface area contributed by atoms with Crippen LogP contribution in [0.15, 0.2) is 41.3 Å². The van der Waals surface area contributed by atoms with Crippen LogP contribution in [0.4, 0.5) is 5.69 Å². The van der Waals surface area contributed by atoms with Crippen molar-refractivity contribution in [3.63, 3.8) is 0 Å². The van der Waals surface area contributed by atoms with Gasteiger partial charge in [-0.25, -0.2) is 8.42 Å². The first-order valence-electron chi connectivity index (χ1n) is 10.1. The number of methoxy groups -OCH3 is 4. The Hall–Kier alpha value is -2.98. The molecular formula is C22H28N2O7S. The van der Waals surface area contributed by atoms with Crippen molar-refractivity contribution in [1.82, 2.24) is 4.31 Å². The number of nitrogens with zero attached hydrogens (tertiary/aromatic N) is 1. The summed E-state index contributed by atoms with van der Waals surface area (Å²) in [7, 11) is 2.17. The Balaban J connectivity index is 1.77. The number of benzene rings is 2. The van der Waals surface area contributed by atoms with Crippen molar-refractivity contribution in [2.24, 2.45) is 5.92 Å². The first-order valence-corrected chi connectivity index (χ1v) is 11.5. The molecule has 0 radical (unpaired) electrons. The Bertz CT molecular complexity index is 1070. The number of hydrogen-bond donors (Lipinski definition) is 1. The molecule has 32 heavy (non-hydrogen) atoms. The number of rotatable bonds is 8. The molecule has 1 atom stereocenters. The van der Waals surface area contributed by atoms with Gasteiger partial charge in [0.1, 0.15) is 11.5 Å². The molecule has 9 nitrogen and oxygen atoms in total. The second-order valence-corrected chi connectivity index (χ2v) is 9.21. The summed E-state index contributed by atoms with van der Waals surface area (Å²) in [6.45, 7) is 0.424. The van der Waals surface area contributed by atoms with Crippen LogP contribution in [0.5, 0.6) is 23.0 Å². The molecule has 1 aliphatic heterocycles. The van der Waals surface area contributed by atoms with Crippen LogP contribution < -0.4 is 24.3 Å². The molecule has 1 saturated heterocycles. The predicted octanol–water partition coefficient (Wildman–Crippen LogP) is 2.76. The zero-order valence-corrected chi connectivity index (χ0v) is 19.4. The molecular weight excluding hydrogens is 436 g/mol. The number of amides is 1. The Morgan fingerprint density at radius 3 is 2.31 bits per heavy atom. The summed E-state index contributed by atoms with van der Waals surface area (Å²) in [5.74, 6) is 1.07. The largest absolute Gasteiger partial charge is 0.497 e. The highest BCUT2D eigenvalue weighted by Gasteiger charge is 2.34. The van der Waals surface area contributed by atoms with E-state index in [2.05, 4.69) is 5.32 Å². The minimum absolute atomic E-state index is 0.0843. The summed E-state index contributed by atoms with van der Waals surface area (Å²) in [4.78, 5) is 13.0. The summed E-state index contributed by atoms with van der Waals surface area (Å²) in [5, 5.41) is 2.85. The molecule has 1 fully saturated rings. The van der Waals surface area contributed by atoms with Gasteiger partial charge < -0.3 is 24.3 Å². The average molecular weight is 465 g/mol. The average Bonchev–Trinajstić information content (AvgIpc) is 2.83. The SMILES string of the molecule is COc1ccc(NC(=O)[C@@H]2CCCN(S(=O)(=O)c3ccc(OC)c(OC)c3)C2)c(OC)c1. The van der Waals surface area contributed by atoms with E-state index in [9.17, 15) is 13.2 Å². The van der Waals surface area contributed by atoms with Gasteiger partial charge in [-0.05, 0) is 37.1 Å². The summed E-state index contributed by atoms with van der Waals surface area (Å²) >= 11 is 0. The van der Waals surface area contributed by atoms with Gasteiger partial charge in [-0.15, -0.1) is 0 Å². The minimum Gasteiger partial charge on any atom is -0.497 e. The van der Waals surface area contributed by atoms with Gasteiger partial charge in [0.05, 0.1) is 44.9 Å². The van der Waals surface area contributed by atoms with E-state index in [-0.39, 0.29) is 17.3 Å². The summed E-state index contributed by atoms with van der Waals surface area (Å²) in [5.41, 5.74) is 0.498. The lowest BCUT2D eigenvalue weighted by Crippen LogP contribution is -2.43. The number of nitrogens with one attached hydrogen (secondary N) is 1. The monoisotopic (exact) mass is 464 g/mol. The fourth-order valence-corrected chi connectivity index (χ4v) is 5.18. The number of sulfonamides is 1. The molecule has 1 amide bonds. The number of piperidine rings is 1. The number of ether oxygens (including phenoxy) is 4. The lowest BCUT2D eigenvalue weighted by Gasteiger charge is -2.31. The van der Waals surface area contributed by atoms with Crippen LogP contribution in [0.25, 0.3) is 0 Å². The molecule has 0 unspecified atom stereocenters. The third-order valence-corrected chi connectivity index (χ3v) is 7.28. The fraction of sp³-hybridized carbons (Fsp3) is 0.409. The van der Waals surface area contributed by atoms with Crippen LogP contribution in [0, 0.1) is 5.92 Å². The van der Waals surface area contributed by atoms with Crippen molar-refractivity contribution in [2.45, 2.75) is 17.7 Å². The third kappa shape index (κ3) is 4.91. The number of hydrogen-bond acceptors (Lipinski definition) is 7. The molecule has 0 bridgehead atoms. The van der Waals surface area contributed by atoms with Gasteiger partial charge in [0, 0.05) is 25.2 Å². The van der Waals surface area contributed by atoms with Crippen LogP contribution in [0.3, 0.4) is 0 Å². The maximum absolute atomic E-state index is 13.2. The molecule has 0 aliphatic carbocycles. The van der Waals surface area contributed by atoms with Crippen LogP contribution >= 0.6 is 0 Å². The van der Waals surface area contributed by atoms with E-state index in [4.69, 9.17) is 18.9 Å². The van der Waals surface area contributed by atoms with E-state index in [1.165, 1.54) is 37.8 Å². The maximum Gasteiger partial charge on any atom is 0.243 e. The van der Waals surface area contributed by atoms with Gasteiger partial charge in [0.2, 0.25) is 15.9 Å². The molecule has 0 saturated carbocycles. The second kappa shape index (κ2) is 10.1. The molecule has 0 aromatic heterocycles. The first-order chi connectivity index (χ1) is 15.3. The topological polar surface area (TPSA) is 103 Å². The van der Waals surface area contributed by atoms with Crippen LogP contribution in [0.1, 0.15) is 12.8 Å². The second-order valence-electron chi connectivity index (χ2n) is 7.27. The van der Waals surface area contributed by atoms with E-state index >= 15 is 0 Å². The molecule has 1 heterocycles. The summed E-state index contributed by atoms with van der Waals surface area (Å²) in [6, 6.07) is 9.53. The Labute approximate surface area is 188 Å². The van der Waals surface area contributed by atoms with Gasteiger partial charge in [0.15, 0.2) is 11.5 Å². The highest BCUT2D eigenvalue weighted by Crippen LogP contribution is 2.33. The lowest BCUT2D eigenvalue weighted by atomic mass is 9.98. The first kappa shape index (κ1) is 23.7. The van der Waals surface area contributed by atoms with E-state index in [0.29, 0.717) is 48.1 Å². The number of carbonyl (C=O) groups is 1. The number of carbonyl (C=O) groups excluding carboxylic acids is 1. The predicted molar refractivity (Wildman–Crippen MR) is 119 cm³/mol. The van der Waals surface area contributed by atoms with Gasteiger partial charge in [0.25, 0.3) is 0 Å². The molecule has 1 N–H and O–H groups in total. The molecule has 174 valence electrons. The fourth-order valence-electron chi connectivity index (χ4n) is 3.64. The molecule has 1 aliphatic rings. The van der Waals surface area contributed by atoms with Crippen molar-refractivity contribution in [2.75, 3.05) is 46.8 Å². The van der Waals surface area contributed by atoms with Gasteiger partial charge in [-0.3, -0.25) is 4.79 Å². The Morgan fingerprint density at radius 2 is 1.66 bits per heavy atom. The van der Waals surface area contributed by atoms with Crippen LogP contribution in [-0.4, -0.2) is 60.2 Å². The van der Waals surface area contributed by atoms with Crippen molar-refractivity contribution >= 4 is 21.6 Å². The number of anilines is 1. The summed E-state index contributed by atoms with van der Waals surface area (Å²) < 4.78 is 48.7. The maximum atomic E-state index is 13.2. The normalized spacial score (nSPS) is 16.8. The molecule has 0 spiro atoms. The molecule has 10 heteroatoms. The van der Waals surface area contributed by atoms with E-state index < -0.39 is 15.9 Å². The van der Waals surface area contributed by atoms with Crippen molar-refractivity contribution in [3.05, 3.63) is 36.4 Å². The minimum atomic E-state index is -3.80.